The zero-order chi connectivity index (χ0) is 15.0. The maximum Gasteiger partial charge on any atom is 0.142 e. The van der Waals surface area contributed by atoms with Crippen LogP contribution in [0.15, 0.2) is 18.2 Å². The first-order valence-corrected chi connectivity index (χ1v) is 7.34. The maximum atomic E-state index is 5.59. The monoisotopic (exact) mass is 277 g/mol. The Bertz CT molecular complexity index is 464. The minimum Gasteiger partial charge on any atom is -0.497 e. The summed E-state index contributed by atoms with van der Waals surface area (Å²) >= 11 is 0. The van der Waals surface area contributed by atoms with Gasteiger partial charge in [-0.3, -0.25) is 0 Å². The second-order valence-electron chi connectivity index (χ2n) is 6.85. The first-order chi connectivity index (χ1) is 9.31. The van der Waals surface area contributed by atoms with Crippen molar-refractivity contribution in [2.75, 3.05) is 19.1 Å². The van der Waals surface area contributed by atoms with Crippen LogP contribution in [0.5, 0.6) is 11.5 Å². The summed E-state index contributed by atoms with van der Waals surface area (Å²) in [6.07, 6.45) is 3.65. The van der Waals surface area contributed by atoms with Gasteiger partial charge in [-0.05, 0) is 59.1 Å². The van der Waals surface area contributed by atoms with Crippen LogP contribution in [-0.2, 0) is 0 Å². The van der Waals surface area contributed by atoms with E-state index in [1.807, 2.05) is 12.1 Å². The molecule has 0 aliphatic carbocycles. The van der Waals surface area contributed by atoms with Crippen molar-refractivity contribution in [1.82, 2.24) is 0 Å². The minimum absolute atomic E-state index is 0.112. The van der Waals surface area contributed by atoms with Crippen molar-refractivity contribution in [1.29, 1.82) is 0 Å². The van der Waals surface area contributed by atoms with Crippen LogP contribution in [0.25, 0.3) is 0 Å². The molecule has 1 saturated heterocycles. The van der Waals surface area contributed by atoms with Gasteiger partial charge in [0.1, 0.15) is 11.5 Å². The molecule has 0 saturated carbocycles. The average Bonchev–Trinajstić information content (AvgIpc) is 2.36. The molecule has 0 N–H and O–H groups in total. The Labute approximate surface area is 122 Å². The molecule has 1 aliphatic rings. The third kappa shape index (κ3) is 2.58. The Morgan fingerprint density at radius 3 is 2.05 bits per heavy atom. The molecule has 20 heavy (non-hydrogen) atoms. The Kier molecular flexibility index (Phi) is 3.90. The second-order valence-corrected chi connectivity index (χ2v) is 6.85. The molecule has 1 aromatic rings. The molecule has 0 aromatic heterocycles. The van der Waals surface area contributed by atoms with Gasteiger partial charge in [0, 0.05) is 17.1 Å². The number of hydrogen-bond acceptors (Lipinski definition) is 3. The zero-order valence-electron chi connectivity index (χ0n) is 13.6. The highest BCUT2D eigenvalue weighted by molar-refractivity contribution is 5.64. The summed E-state index contributed by atoms with van der Waals surface area (Å²) in [7, 11) is 3.44. The fourth-order valence-electron chi connectivity index (χ4n) is 3.62. The van der Waals surface area contributed by atoms with Crippen LogP contribution in [0.3, 0.4) is 0 Å². The highest BCUT2D eigenvalue weighted by Crippen LogP contribution is 2.46. The zero-order valence-corrected chi connectivity index (χ0v) is 13.6. The number of anilines is 1. The predicted molar refractivity (Wildman–Crippen MR) is 84.0 cm³/mol. The highest BCUT2D eigenvalue weighted by atomic mass is 16.5. The largest absolute Gasteiger partial charge is 0.497 e. The van der Waals surface area contributed by atoms with Gasteiger partial charge in [0.15, 0.2) is 0 Å². The number of ether oxygens (including phenoxy) is 2. The van der Waals surface area contributed by atoms with E-state index in [-0.39, 0.29) is 11.1 Å². The van der Waals surface area contributed by atoms with Gasteiger partial charge in [-0.2, -0.15) is 0 Å². The van der Waals surface area contributed by atoms with E-state index in [2.05, 4.69) is 38.7 Å². The van der Waals surface area contributed by atoms with Crippen molar-refractivity contribution in [3.63, 3.8) is 0 Å². The Morgan fingerprint density at radius 1 is 0.950 bits per heavy atom. The predicted octanol–water partition coefficient (Wildman–Crippen LogP) is 4.25. The van der Waals surface area contributed by atoms with Crippen LogP contribution < -0.4 is 14.4 Å². The number of piperidine rings is 1. The summed E-state index contributed by atoms with van der Waals surface area (Å²) in [6.45, 7) is 9.25. The van der Waals surface area contributed by atoms with Crippen molar-refractivity contribution in [3.05, 3.63) is 18.2 Å². The number of rotatable bonds is 3. The molecule has 0 spiro atoms. The van der Waals surface area contributed by atoms with Gasteiger partial charge in [0.2, 0.25) is 0 Å². The average molecular weight is 277 g/mol. The molecule has 1 fully saturated rings. The molecule has 3 nitrogen and oxygen atoms in total. The van der Waals surface area contributed by atoms with Crippen LogP contribution in [-0.4, -0.2) is 25.3 Å². The fraction of sp³-hybridized carbons (Fsp3) is 0.647. The van der Waals surface area contributed by atoms with Crippen molar-refractivity contribution < 1.29 is 9.47 Å². The first-order valence-electron chi connectivity index (χ1n) is 7.34. The Hall–Kier alpha value is -1.38. The van der Waals surface area contributed by atoms with Gasteiger partial charge in [-0.15, -0.1) is 0 Å². The summed E-state index contributed by atoms with van der Waals surface area (Å²) < 4.78 is 11.0. The molecule has 1 aliphatic heterocycles. The van der Waals surface area contributed by atoms with Gasteiger partial charge in [0.05, 0.1) is 19.9 Å². The topological polar surface area (TPSA) is 21.7 Å². The molecule has 0 atom stereocenters. The Morgan fingerprint density at radius 2 is 1.55 bits per heavy atom. The molecule has 0 bridgehead atoms. The maximum absolute atomic E-state index is 5.59. The van der Waals surface area contributed by atoms with E-state index in [0.29, 0.717) is 0 Å². The van der Waals surface area contributed by atoms with Crippen molar-refractivity contribution in [2.45, 2.75) is 58.0 Å². The molecular formula is C17H27NO2. The van der Waals surface area contributed by atoms with E-state index < -0.39 is 0 Å². The Balaban J connectivity index is 2.56. The van der Waals surface area contributed by atoms with Crippen LogP contribution in [0.2, 0.25) is 0 Å². The quantitative estimate of drug-likeness (QED) is 0.824. The lowest BCUT2D eigenvalue weighted by Crippen LogP contribution is -2.59. The van der Waals surface area contributed by atoms with Crippen LogP contribution in [0.4, 0.5) is 5.69 Å². The van der Waals surface area contributed by atoms with Gasteiger partial charge in [-0.25, -0.2) is 0 Å². The normalized spacial score (nSPS) is 20.6. The SMILES string of the molecule is COc1ccc(OC)c(N2C(C)(C)CCCC2(C)C)c1. The van der Waals surface area contributed by atoms with E-state index in [4.69, 9.17) is 9.47 Å². The van der Waals surface area contributed by atoms with E-state index in [1.54, 1.807) is 14.2 Å². The summed E-state index contributed by atoms with van der Waals surface area (Å²) in [5.41, 5.74) is 1.35. The van der Waals surface area contributed by atoms with Crippen LogP contribution in [0, 0.1) is 0 Å². The van der Waals surface area contributed by atoms with Crippen molar-refractivity contribution in [3.8, 4) is 11.5 Å². The molecule has 0 amide bonds. The fourth-order valence-corrected chi connectivity index (χ4v) is 3.62. The number of nitrogens with zero attached hydrogens (tertiary/aromatic N) is 1. The van der Waals surface area contributed by atoms with Crippen LogP contribution >= 0.6 is 0 Å². The summed E-state index contributed by atoms with van der Waals surface area (Å²) in [5.74, 6) is 1.78. The van der Waals surface area contributed by atoms with Gasteiger partial charge < -0.3 is 14.4 Å². The molecule has 1 aromatic carbocycles. The number of hydrogen-bond donors (Lipinski definition) is 0. The highest BCUT2D eigenvalue weighted by Gasteiger charge is 2.42. The summed E-state index contributed by atoms with van der Waals surface area (Å²) in [4.78, 5) is 2.50. The van der Waals surface area contributed by atoms with E-state index in [9.17, 15) is 0 Å². The van der Waals surface area contributed by atoms with Crippen LogP contribution in [0.1, 0.15) is 47.0 Å². The molecule has 0 radical (unpaired) electrons. The standard InChI is InChI=1S/C17H27NO2/c1-16(2)10-7-11-17(3,4)18(16)14-12-13(19-5)8-9-15(14)20-6/h8-9,12H,7,10-11H2,1-6H3. The van der Waals surface area contributed by atoms with E-state index in [1.165, 1.54) is 19.3 Å². The third-order valence-electron chi connectivity index (χ3n) is 4.41. The van der Waals surface area contributed by atoms with Gasteiger partial charge >= 0.3 is 0 Å². The van der Waals surface area contributed by atoms with E-state index in [0.717, 1.165) is 17.2 Å². The minimum atomic E-state index is 0.112. The van der Waals surface area contributed by atoms with Gasteiger partial charge in [0.25, 0.3) is 0 Å². The first kappa shape index (κ1) is 15.0. The molecular weight excluding hydrogens is 250 g/mol. The summed E-state index contributed by atoms with van der Waals surface area (Å²) in [6, 6.07) is 6.04. The lowest BCUT2D eigenvalue weighted by atomic mass is 9.79. The molecule has 112 valence electrons. The number of benzene rings is 1. The smallest absolute Gasteiger partial charge is 0.142 e. The van der Waals surface area contributed by atoms with Gasteiger partial charge in [-0.1, -0.05) is 0 Å². The van der Waals surface area contributed by atoms with E-state index >= 15 is 0 Å². The molecule has 0 unspecified atom stereocenters. The molecule has 1 heterocycles. The third-order valence-corrected chi connectivity index (χ3v) is 4.41. The van der Waals surface area contributed by atoms with Crippen molar-refractivity contribution in [2.24, 2.45) is 0 Å². The molecule has 3 heteroatoms. The summed E-state index contributed by atoms with van der Waals surface area (Å²) in [5, 5.41) is 0. The second kappa shape index (κ2) is 5.19. The lowest BCUT2D eigenvalue weighted by molar-refractivity contribution is 0.241. The number of methoxy groups -OCH3 is 2. The van der Waals surface area contributed by atoms with Crippen molar-refractivity contribution >= 4 is 5.69 Å². The molecule has 2 rings (SSSR count). The lowest BCUT2D eigenvalue weighted by Gasteiger charge is -2.54.